The first-order chi connectivity index (χ1) is 8.49. The van der Waals surface area contributed by atoms with Gasteiger partial charge in [-0.3, -0.25) is 0 Å². The molecule has 0 bridgehead atoms. The average Bonchev–Trinajstić information content (AvgIpc) is 2.48. The van der Waals surface area contributed by atoms with Crippen molar-refractivity contribution in [3.63, 3.8) is 0 Å². The van der Waals surface area contributed by atoms with Crippen LogP contribution in [0.4, 0.5) is 18.9 Å². The molecule has 18 heavy (non-hydrogen) atoms. The van der Waals surface area contributed by atoms with Crippen LogP contribution in [0.5, 0.6) is 0 Å². The van der Waals surface area contributed by atoms with Crippen molar-refractivity contribution in [2.75, 3.05) is 18.0 Å². The molecule has 5 heteroatoms. The molecular weight excluding hydrogens is 241 g/mol. The molecule has 1 unspecified atom stereocenters. The van der Waals surface area contributed by atoms with Crippen LogP contribution in [0.15, 0.2) is 24.3 Å². The molecule has 1 aliphatic heterocycles. The lowest BCUT2D eigenvalue weighted by atomic mass is 10.1. The summed E-state index contributed by atoms with van der Waals surface area (Å²) in [5.41, 5.74) is 1.62. The summed E-state index contributed by atoms with van der Waals surface area (Å²) in [5.74, 6) is 0. The molecule has 0 fully saturated rings. The van der Waals surface area contributed by atoms with Crippen LogP contribution in [0, 0.1) is 0 Å². The van der Waals surface area contributed by atoms with Gasteiger partial charge < -0.3 is 10.2 Å². The maximum atomic E-state index is 12.6. The van der Waals surface area contributed by atoms with Gasteiger partial charge in [0.1, 0.15) is 6.54 Å². The average molecular weight is 258 g/mol. The van der Waals surface area contributed by atoms with Crippen LogP contribution in [0.25, 0.3) is 0 Å². The second-order valence-corrected chi connectivity index (χ2v) is 4.61. The Morgan fingerprint density at radius 1 is 1.33 bits per heavy atom. The molecule has 100 valence electrons. The number of hydrogen-bond acceptors (Lipinski definition) is 2. The van der Waals surface area contributed by atoms with Gasteiger partial charge in [-0.25, -0.2) is 0 Å². The number of halogens is 3. The van der Waals surface area contributed by atoms with Crippen LogP contribution in [0.1, 0.15) is 18.9 Å². The molecule has 1 N–H and O–H groups in total. The Labute approximate surface area is 105 Å². The van der Waals surface area contributed by atoms with Crippen molar-refractivity contribution >= 4 is 5.69 Å². The van der Waals surface area contributed by atoms with E-state index in [-0.39, 0.29) is 6.04 Å². The standard InChI is InChI=1S/C13H17F3N2/c1-2-11-8-18(9-13(14,15)16)12-6-4-3-5-10(12)7-17-11/h3-6,11,17H,2,7-9H2,1H3. The topological polar surface area (TPSA) is 15.3 Å². The van der Waals surface area contributed by atoms with Crippen LogP contribution in [0.2, 0.25) is 0 Å². The fraction of sp³-hybridized carbons (Fsp3) is 0.538. The lowest BCUT2D eigenvalue weighted by molar-refractivity contribution is -0.119. The zero-order valence-electron chi connectivity index (χ0n) is 10.3. The third-order valence-corrected chi connectivity index (χ3v) is 3.22. The summed E-state index contributed by atoms with van der Waals surface area (Å²) >= 11 is 0. The molecule has 1 aliphatic rings. The molecule has 1 aromatic carbocycles. The minimum atomic E-state index is -4.17. The minimum absolute atomic E-state index is 0.0970. The summed E-state index contributed by atoms with van der Waals surface area (Å²) in [7, 11) is 0. The lowest BCUT2D eigenvalue weighted by Crippen LogP contribution is -2.42. The molecule has 1 heterocycles. The van der Waals surface area contributed by atoms with Crippen LogP contribution >= 0.6 is 0 Å². The molecule has 0 amide bonds. The molecule has 0 aromatic heterocycles. The fourth-order valence-electron chi connectivity index (χ4n) is 2.29. The van der Waals surface area contributed by atoms with E-state index in [1.165, 1.54) is 4.90 Å². The van der Waals surface area contributed by atoms with Crippen molar-refractivity contribution < 1.29 is 13.2 Å². The number of anilines is 1. The Hall–Kier alpha value is -1.23. The summed E-state index contributed by atoms with van der Waals surface area (Å²) < 4.78 is 37.9. The maximum absolute atomic E-state index is 12.6. The number of alkyl halides is 3. The predicted molar refractivity (Wildman–Crippen MR) is 65.6 cm³/mol. The van der Waals surface area contributed by atoms with Crippen molar-refractivity contribution in [1.82, 2.24) is 5.32 Å². The minimum Gasteiger partial charge on any atom is -0.361 e. The summed E-state index contributed by atoms with van der Waals surface area (Å²) in [6.07, 6.45) is -3.35. The van der Waals surface area contributed by atoms with E-state index < -0.39 is 12.7 Å². The van der Waals surface area contributed by atoms with Gasteiger partial charge in [0.05, 0.1) is 0 Å². The highest BCUT2D eigenvalue weighted by Crippen LogP contribution is 2.27. The van der Waals surface area contributed by atoms with Gasteiger partial charge in [0.2, 0.25) is 0 Å². The molecule has 1 atom stereocenters. The van der Waals surface area contributed by atoms with Crippen LogP contribution in [0.3, 0.4) is 0 Å². The van der Waals surface area contributed by atoms with Crippen molar-refractivity contribution in [2.24, 2.45) is 0 Å². The van der Waals surface area contributed by atoms with E-state index in [0.717, 1.165) is 12.0 Å². The van der Waals surface area contributed by atoms with E-state index in [0.29, 0.717) is 18.8 Å². The van der Waals surface area contributed by atoms with Crippen LogP contribution in [-0.4, -0.2) is 25.3 Å². The summed E-state index contributed by atoms with van der Waals surface area (Å²) in [6, 6.07) is 7.39. The first-order valence-electron chi connectivity index (χ1n) is 6.12. The number of benzene rings is 1. The van der Waals surface area contributed by atoms with E-state index in [1.54, 1.807) is 12.1 Å². The number of para-hydroxylation sites is 1. The highest BCUT2D eigenvalue weighted by Gasteiger charge is 2.33. The Kier molecular flexibility index (Phi) is 3.80. The van der Waals surface area contributed by atoms with Gasteiger partial charge in [-0.05, 0) is 18.1 Å². The van der Waals surface area contributed by atoms with E-state index in [4.69, 9.17) is 0 Å². The van der Waals surface area contributed by atoms with E-state index in [2.05, 4.69) is 5.32 Å². The first kappa shape index (κ1) is 13.2. The summed E-state index contributed by atoms with van der Waals surface area (Å²) in [4.78, 5) is 1.43. The first-order valence-corrected chi connectivity index (χ1v) is 6.12. The van der Waals surface area contributed by atoms with Crippen LogP contribution < -0.4 is 10.2 Å². The van der Waals surface area contributed by atoms with Crippen molar-refractivity contribution in [2.45, 2.75) is 32.1 Å². The second kappa shape index (κ2) is 5.18. The fourth-order valence-corrected chi connectivity index (χ4v) is 2.29. The van der Waals surface area contributed by atoms with Gasteiger partial charge in [0, 0.05) is 24.8 Å². The van der Waals surface area contributed by atoms with Gasteiger partial charge in [-0.1, -0.05) is 25.1 Å². The van der Waals surface area contributed by atoms with Gasteiger partial charge in [-0.15, -0.1) is 0 Å². The number of nitrogens with one attached hydrogen (secondary N) is 1. The zero-order valence-corrected chi connectivity index (χ0v) is 10.3. The highest BCUT2D eigenvalue weighted by atomic mass is 19.4. The zero-order chi connectivity index (χ0) is 13.2. The molecule has 0 radical (unpaired) electrons. The Bertz CT molecular complexity index is 403. The van der Waals surface area contributed by atoms with Gasteiger partial charge in [0.15, 0.2) is 0 Å². The largest absolute Gasteiger partial charge is 0.405 e. The molecule has 0 saturated carbocycles. The van der Waals surface area contributed by atoms with Crippen molar-refractivity contribution in [1.29, 1.82) is 0 Å². The van der Waals surface area contributed by atoms with Gasteiger partial charge in [0.25, 0.3) is 0 Å². The summed E-state index contributed by atoms with van der Waals surface area (Å²) in [5, 5.41) is 3.29. The molecule has 0 aliphatic carbocycles. The number of nitrogens with zero attached hydrogens (tertiary/aromatic N) is 1. The van der Waals surface area contributed by atoms with E-state index in [1.807, 2.05) is 19.1 Å². The van der Waals surface area contributed by atoms with Crippen LogP contribution in [-0.2, 0) is 6.54 Å². The van der Waals surface area contributed by atoms with E-state index in [9.17, 15) is 13.2 Å². The van der Waals surface area contributed by atoms with E-state index >= 15 is 0 Å². The molecular formula is C13H17F3N2. The normalized spacial score (nSPS) is 20.4. The lowest BCUT2D eigenvalue weighted by Gasteiger charge is -2.28. The molecule has 0 saturated heterocycles. The van der Waals surface area contributed by atoms with Gasteiger partial charge >= 0.3 is 6.18 Å². The number of fused-ring (bicyclic) bond motifs is 1. The molecule has 0 spiro atoms. The summed E-state index contributed by atoms with van der Waals surface area (Å²) in [6.45, 7) is 2.12. The Balaban J connectivity index is 2.28. The number of hydrogen-bond donors (Lipinski definition) is 1. The Morgan fingerprint density at radius 2 is 2.06 bits per heavy atom. The SMILES string of the molecule is CCC1CN(CC(F)(F)F)c2ccccc2CN1. The molecule has 2 nitrogen and oxygen atoms in total. The number of rotatable bonds is 2. The quantitative estimate of drug-likeness (QED) is 0.877. The maximum Gasteiger partial charge on any atom is 0.405 e. The van der Waals surface area contributed by atoms with Crippen molar-refractivity contribution in [3.8, 4) is 0 Å². The molecule has 1 aromatic rings. The smallest absolute Gasteiger partial charge is 0.361 e. The second-order valence-electron chi connectivity index (χ2n) is 4.61. The third-order valence-electron chi connectivity index (χ3n) is 3.22. The van der Waals surface area contributed by atoms with Gasteiger partial charge in [-0.2, -0.15) is 13.2 Å². The molecule has 2 rings (SSSR count). The highest BCUT2D eigenvalue weighted by molar-refractivity contribution is 5.54. The monoisotopic (exact) mass is 258 g/mol. The van der Waals surface area contributed by atoms with Crippen molar-refractivity contribution in [3.05, 3.63) is 29.8 Å². The Morgan fingerprint density at radius 3 is 2.72 bits per heavy atom. The third kappa shape index (κ3) is 3.16. The predicted octanol–water partition coefficient (Wildman–Crippen LogP) is 2.94.